The smallest absolute Gasteiger partial charge is 0.369 e. The van der Waals surface area contributed by atoms with Gasteiger partial charge in [0.25, 0.3) is 0 Å². The number of nitrogen functional groups attached to an aromatic ring is 1. The molecular weight excluding hydrogens is 464 g/mol. The maximum Gasteiger partial charge on any atom is 0.390 e. The van der Waals surface area contributed by atoms with Crippen LogP contribution in [0.25, 0.3) is 22.5 Å². The van der Waals surface area contributed by atoms with Gasteiger partial charge in [-0.15, -0.1) is 5.10 Å². The summed E-state index contributed by atoms with van der Waals surface area (Å²) in [6, 6.07) is 5.45. The standard InChI is InChI=1S/C21H19ClF4N6O/c1-11-9-13(10-15(22)30(11)2)16-17(12-3-5-14(23)6-4-12)28-19(27)32-18(16)29-31(20(32)33)8-7-21(24,25)26/h3-6,9-10,15H,7-8H2,1-2H3,(H2,27,28). The molecule has 0 saturated carbocycles. The summed E-state index contributed by atoms with van der Waals surface area (Å²) in [5, 5.41) is 4.17. The van der Waals surface area contributed by atoms with Crippen LogP contribution in [0.5, 0.6) is 0 Å². The minimum Gasteiger partial charge on any atom is -0.369 e. The number of hydrogen-bond acceptors (Lipinski definition) is 5. The van der Waals surface area contributed by atoms with Gasteiger partial charge < -0.3 is 10.6 Å². The lowest BCUT2D eigenvalue weighted by atomic mass is 9.97. The Morgan fingerprint density at radius 2 is 1.88 bits per heavy atom. The van der Waals surface area contributed by atoms with Gasteiger partial charge in [0.2, 0.25) is 5.95 Å². The van der Waals surface area contributed by atoms with Crippen LogP contribution in [0.1, 0.15) is 18.9 Å². The van der Waals surface area contributed by atoms with E-state index >= 15 is 0 Å². The number of nitrogens with two attached hydrogens (primary N) is 1. The van der Waals surface area contributed by atoms with Crippen LogP contribution < -0.4 is 11.4 Å². The van der Waals surface area contributed by atoms with E-state index in [4.69, 9.17) is 17.3 Å². The van der Waals surface area contributed by atoms with Crippen molar-refractivity contribution in [3.63, 3.8) is 0 Å². The lowest BCUT2D eigenvalue weighted by molar-refractivity contribution is -0.137. The highest BCUT2D eigenvalue weighted by Gasteiger charge is 2.29. The van der Waals surface area contributed by atoms with Crippen LogP contribution in [-0.4, -0.2) is 42.8 Å². The molecule has 7 nitrogen and oxygen atoms in total. The summed E-state index contributed by atoms with van der Waals surface area (Å²) in [6.45, 7) is 1.15. The van der Waals surface area contributed by atoms with Gasteiger partial charge in [0.15, 0.2) is 5.65 Å². The molecule has 3 heterocycles. The zero-order chi connectivity index (χ0) is 24.1. The van der Waals surface area contributed by atoms with E-state index in [1.165, 1.54) is 24.3 Å². The molecule has 0 amide bonds. The normalized spacial score (nSPS) is 16.8. The van der Waals surface area contributed by atoms with Gasteiger partial charge >= 0.3 is 11.9 Å². The maximum absolute atomic E-state index is 13.5. The fourth-order valence-corrected chi connectivity index (χ4v) is 3.84. The van der Waals surface area contributed by atoms with E-state index in [0.29, 0.717) is 21.4 Å². The number of halogens is 5. The van der Waals surface area contributed by atoms with Gasteiger partial charge in [0, 0.05) is 18.3 Å². The Balaban J connectivity index is 2.01. The van der Waals surface area contributed by atoms with Crippen molar-refractivity contribution < 1.29 is 17.6 Å². The summed E-state index contributed by atoms with van der Waals surface area (Å²) in [7, 11) is 1.80. The van der Waals surface area contributed by atoms with Gasteiger partial charge in [0.05, 0.1) is 24.2 Å². The topological polar surface area (TPSA) is 81.4 Å². The van der Waals surface area contributed by atoms with E-state index in [-0.39, 0.29) is 17.3 Å². The second-order valence-electron chi connectivity index (χ2n) is 7.62. The summed E-state index contributed by atoms with van der Waals surface area (Å²) in [4.78, 5) is 19.0. The van der Waals surface area contributed by atoms with E-state index in [9.17, 15) is 22.4 Å². The van der Waals surface area contributed by atoms with Crippen molar-refractivity contribution in [3.8, 4) is 11.3 Å². The van der Waals surface area contributed by atoms with Gasteiger partial charge in [-0.25, -0.2) is 23.3 Å². The molecule has 0 saturated heterocycles. The average Bonchev–Trinajstić information content (AvgIpc) is 3.07. The Bertz CT molecular complexity index is 1340. The zero-order valence-electron chi connectivity index (χ0n) is 17.6. The fraction of sp³-hybridized carbons (Fsp3) is 0.286. The molecule has 1 unspecified atom stereocenters. The molecule has 174 valence electrons. The number of aromatic nitrogens is 4. The molecule has 0 bridgehead atoms. The number of benzene rings is 1. The highest BCUT2D eigenvalue weighted by molar-refractivity contribution is 6.22. The quantitative estimate of drug-likeness (QED) is 0.345. The second-order valence-corrected chi connectivity index (χ2v) is 8.07. The van der Waals surface area contributed by atoms with Crippen molar-refractivity contribution in [1.82, 2.24) is 24.1 Å². The number of anilines is 1. The summed E-state index contributed by atoms with van der Waals surface area (Å²) >= 11 is 6.44. The van der Waals surface area contributed by atoms with E-state index in [2.05, 4.69) is 10.1 Å². The van der Waals surface area contributed by atoms with Crippen molar-refractivity contribution in [2.45, 2.75) is 31.6 Å². The number of likely N-dealkylation sites (N-methyl/N-ethyl adjacent to an activating group) is 1. The third kappa shape index (κ3) is 4.32. The number of hydrogen-bond donors (Lipinski definition) is 1. The predicted molar refractivity (Wildman–Crippen MR) is 117 cm³/mol. The molecule has 3 aromatic rings. The summed E-state index contributed by atoms with van der Waals surface area (Å²) in [5.41, 5.74) is 7.13. The number of alkyl halides is 4. The molecule has 33 heavy (non-hydrogen) atoms. The predicted octanol–water partition coefficient (Wildman–Crippen LogP) is 4.03. The zero-order valence-corrected chi connectivity index (χ0v) is 18.3. The van der Waals surface area contributed by atoms with Crippen LogP contribution in [-0.2, 0) is 6.54 Å². The van der Waals surface area contributed by atoms with Crippen molar-refractivity contribution in [2.75, 3.05) is 12.8 Å². The Morgan fingerprint density at radius 1 is 1.21 bits per heavy atom. The van der Waals surface area contributed by atoms with Crippen molar-refractivity contribution in [2.24, 2.45) is 0 Å². The molecule has 4 rings (SSSR count). The van der Waals surface area contributed by atoms with Crippen LogP contribution >= 0.6 is 11.6 Å². The Kier molecular flexibility index (Phi) is 5.69. The van der Waals surface area contributed by atoms with Gasteiger partial charge in [-0.3, -0.25) is 0 Å². The van der Waals surface area contributed by atoms with E-state index in [1.54, 1.807) is 24.1 Å². The van der Waals surface area contributed by atoms with Crippen LogP contribution in [0.15, 0.2) is 46.9 Å². The first-order chi connectivity index (χ1) is 15.5. The van der Waals surface area contributed by atoms with E-state index in [0.717, 1.165) is 10.1 Å². The largest absolute Gasteiger partial charge is 0.390 e. The molecule has 0 fully saturated rings. The minimum atomic E-state index is -4.47. The average molecular weight is 483 g/mol. The molecule has 1 aromatic carbocycles. The van der Waals surface area contributed by atoms with Crippen LogP contribution in [0, 0.1) is 5.82 Å². The molecule has 2 aromatic heterocycles. The molecule has 1 aliphatic heterocycles. The lowest BCUT2D eigenvalue weighted by Gasteiger charge is -2.28. The molecule has 2 N–H and O–H groups in total. The number of nitrogens with zero attached hydrogens (tertiary/aromatic N) is 5. The van der Waals surface area contributed by atoms with E-state index in [1.807, 2.05) is 6.92 Å². The van der Waals surface area contributed by atoms with E-state index < -0.39 is 36.1 Å². The Morgan fingerprint density at radius 3 is 2.48 bits per heavy atom. The summed E-state index contributed by atoms with van der Waals surface area (Å²) in [5.74, 6) is -0.718. The van der Waals surface area contributed by atoms with Crippen LogP contribution in [0.2, 0.25) is 0 Å². The molecular formula is C21H19ClF4N6O. The lowest BCUT2D eigenvalue weighted by Crippen LogP contribution is -2.27. The third-order valence-electron chi connectivity index (χ3n) is 5.38. The first kappa shape index (κ1) is 22.8. The van der Waals surface area contributed by atoms with Crippen LogP contribution in [0.4, 0.5) is 23.5 Å². The number of fused-ring (bicyclic) bond motifs is 1. The highest BCUT2D eigenvalue weighted by atomic mass is 35.5. The molecule has 0 aliphatic carbocycles. The maximum atomic E-state index is 13.5. The van der Waals surface area contributed by atoms with Gasteiger partial charge in [-0.05, 0) is 48.9 Å². The van der Waals surface area contributed by atoms with Gasteiger partial charge in [0.1, 0.15) is 11.3 Å². The molecule has 0 radical (unpaired) electrons. The second kappa shape index (κ2) is 8.22. The van der Waals surface area contributed by atoms with Gasteiger partial charge in [-0.2, -0.15) is 13.2 Å². The molecule has 1 atom stereocenters. The van der Waals surface area contributed by atoms with Crippen molar-refractivity contribution >= 4 is 28.8 Å². The number of aryl methyl sites for hydroxylation is 1. The monoisotopic (exact) mass is 482 g/mol. The first-order valence-electron chi connectivity index (χ1n) is 9.85. The SMILES string of the molecule is CC1=CC(c2c(-c3ccc(F)cc3)nc(N)n3c(=O)n(CCC(F)(F)F)nc23)=CC(Cl)N1C. The first-order valence-corrected chi connectivity index (χ1v) is 10.3. The molecule has 0 spiro atoms. The Labute approximate surface area is 190 Å². The van der Waals surface area contributed by atoms with Gasteiger partial charge in [-0.1, -0.05) is 11.6 Å². The summed E-state index contributed by atoms with van der Waals surface area (Å²) < 4.78 is 53.5. The summed E-state index contributed by atoms with van der Waals surface area (Å²) in [6.07, 6.45) is -2.21. The number of allylic oxidation sites excluding steroid dienone is 3. The Hall–Kier alpha value is -3.34. The van der Waals surface area contributed by atoms with Crippen molar-refractivity contribution in [3.05, 3.63) is 64.0 Å². The fourth-order valence-electron chi connectivity index (χ4n) is 3.55. The molecule has 12 heteroatoms. The van der Waals surface area contributed by atoms with Crippen molar-refractivity contribution in [1.29, 1.82) is 0 Å². The minimum absolute atomic E-state index is 0.0257. The highest BCUT2D eigenvalue weighted by Crippen LogP contribution is 2.36. The number of rotatable bonds is 4. The molecule has 1 aliphatic rings. The third-order valence-corrected chi connectivity index (χ3v) is 5.80. The van der Waals surface area contributed by atoms with Crippen LogP contribution in [0.3, 0.4) is 0 Å².